The van der Waals surface area contributed by atoms with Crippen LogP contribution < -0.4 is 0 Å². The molecule has 0 radical (unpaired) electrons. The zero-order chi connectivity index (χ0) is 5.41. The Bertz CT molecular complexity index is 40.8. The molecule has 0 heterocycles. The Hall–Kier alpha value is 0.700. The van der Waals surface area contributed by atoms with E-state index in [2.05, 4.69) is 0 Å². The first-order valence-electron chi connectivity index (χ1n) is 0.746. The van der Waals surface area contributed by atoms with Crippen LogP contribution in [0.15, 0.2) is 0 Å². The van der Waals surface area contributed by atoms with Crippen molar-refractivity contribution in [2.75, 3.05) is 0 Å². The zero-order valence-electron chi connectivity index (χ0n) is 2.52. The SMILES string of the molecule is O=C=O.[Cl][Nb][Cl]. The number of halogens is 2. The summed E-state index contributed by atoms with van der Waals surface area (Å²) in [6, 6.07) is 0. The normalized spacial score (nSPS) is 3.67. The molecule has 0 saturated carbocycles. The quantitative estimate of drug-likeness (QED) is 0.551. The number of rotatable bonds is 0. The Kier molecular flexibility index (Phi) is 28.4. The average Bonchev–Trinajstić information content (AvgIpc) is 1.39. The van der Waals surface area contributed by atoms with Gasteiger partial charge in [0.05, 0.1) is 0 Å². The molecule has 35 valence electrons. The van der Waals surface area contributed by atoms with Crippen molar-refractivity contribution in [2.45, 2.75) is 0 Å². The molecule has 0 aromatic carbocycles. The maximum absolute atomic E-state index is 8.12. The third kappa shape index (κ3) is 131. The summed E-state index contributed by atoms with van der Waals surface area (Å²) in [5.74, 6) is 0. The third-order valence-electron chi connectivity index (χ3n) is 0. The molecule has 0 bridgehead atoms. The predicted molar refractivity (Wildman–Crippen MR) is 16.7 cm³/mol. The van der Waals surface area contributed by atoms with Crippen LogP contribution in [0.25, 0.3) is 0 Å². The van der Waals surface area contributed by atoms with Gasteiger partial charge in [-0.05, 0) is 0 Å². The fourth-order valence-electron chi connectivity index (χ4n) is 0. The van der Waals surface area contributed by atoms with Gasteiger partial charge in [0.2, 0.25) is 0 Å². The molecule has 0 aromatic rings. The summed E-state index contributed by atoms with van der Waals surface area (Å²) in [5.41, 5.74) is 0. The van der Waals surface area contributed by atoms with Gasteiger partial charge in [-0.1, -0.05) is 0 Å². The van der Waals surface area contributed by atoms with Crippen molar-refractivity contribution >= 4 is 24.5 Å². The van der Waals surface area contributed by atoms with Gasteiger partial charge in [-0.2, -0.15) is 9.59 Å². The van der Waals surface area contributed by atoms with Gasteiger partial charge >= 0.3 is 42.1 Å². The van der Waals surface area contributed by atoms with Gasteiger partial charge in [0.25, 0.3) is 0 Å². The average molecular weight is 208 g/mol. The monoisotopic (exact) mass is 207 g/mol. The topological polar surface area (TPSA) is 34.1 Å². The van der Waals surface area contributed by atoms with Crippen molar-refractivity contribution in [1.82, 2.24) is 0 Å². The van der Waals surface area contributed by atoms with Crippen LogP contribution in [0.3, 0.4) is 0 Å². The predicted octanol–water partition coefficient (Wildman–Crippen LogP) is 0.793. The molecule has 6 heavy (non-hydrogen) atoms. The van der Waals surface area contributed by atoms with Crippen LogP contribution in [-0.4, -0.2) is 6.15 Å². The van der Waals surface area contributed by atoms with Gasteiger partial charge < -0.3 is 0 Å². The molecular weight excluding hydrogens is 208 g/mol. The number of carbonyl (C=O) groups excluding carboxylic acids is 2. The van der Waals surface area contributed by atoms with E-state index in [-0.39, 0.29) is 6.15 Å². The van der Waals surface area contributed by atoms with Crippen LogP contribution in [0.4, 0.5) is 0 Å². The molecule has 0 N–H and O–H groups in total. The number of hydrogen-bond donors (Lipinski definition) is 0. The fourth-order valence-corrected chi connectivity index (χ4v) is 0. The van der Waals surface area contributed by atoms with Gasteiger partial charge in [-0.25, -0.2) is 0 Å². The molecule has 0 spiro atoms. The summed E-state index contributed by atoms with van der Waals surface area (Å²) in [6.45, 7) is 0. The third-order valence-corrected chi connectivity index (χ3v) is 0. The Morgan fingerprint density at radius 3 is 1.33 bits per heavy atom. The van der Waals surface area contributed by atoms with E-state index >= 15 is 0 Å². The van der Waals surface area contributed by atoms with Crippen molar-refractivity contribution in [3.8, 4) is 0 Å². The van der Waals surface area contributed by atoms with Crippen molar-refractivity contribution in [2.24, 2.45) is 0 Å². The molecule has 2 nitrogen and oxygen atoms in total. The Morgan fingerprint density at radius 2 is 1.33 bits per heavy atom. The minimum absolute atomic E-state index is 0.250. The minimum atomic E-state index is -0.706. The molecule has 0 atom stereocenters. The second kappa shape index (κ2) is 17.3. The molecule has 0 aromatic heterocycles. The molecule has 0 unspecified atom stereocenters. The van der Waals surface area contributed by atoms with Crippen molar-refractivity contribution < 1.29 is 27.2 Å². The first-order valence-corrected chi connectivity index (χ1v) is 6.41. The van der Waals surface area contributed by atoms with Crippen LogP contribution in [0.1, 0.15) is 0 Å². The zero-order valence-corrected chi connectivity index (χ0v) is 6.23. The first kappa shape index (κ1) is 9.85. The summed E-state index contributed by atoms with van der Waals surface area (Å²) >= 11 is -0.706. The van der Waals surface area contributed by atoms with E-state index < -0.39 is 17.6 Å². The molecule has 0 saturated heterocycles. The molecule has 0 rings (SSSR count). The Morgan fingerprint density at radius 1 is 1.33 bits per heavy atom. The van der Waals surface area contributed by atoms with E-state index in [1.807, 2.05) is 0 Å². The van der Waals surface area contributed by atoms with Crippen LogP contribution in [0.2, 0.25) is 0 Å². The van der Waals surface area contributed by atoms with Crippen molar-refractivity contribution in [3.05, 3.63) is 0 Å². The summed E-state index contributed by atoms with van der Waals surface area (Å²) in [4.78, 5) is 16.2. The van der Waals surface area contributed by atoms with Crippen molar-refractivity contribution in [1.29, 1.82) is 0 Å². The van der Waals surface area contributed by atoms with Gasteiger partial charge in [0.15, 0.2) is 0 Å². The molecule has 0 amide bonds. The van der Waals surface area contributed by atoms with E-state index in [1.54, 1.807) is 0 Å². The Balaban J connectivity index is 0. The number of hydrogen-bond acceptors (Lipinski definition) is 2. The maximum atomic E-state index is 8.12. The Labute approximate surface area is 51.8 Å². The second-order valence-corrected chi connectivity index (χ2v) is 3.49. The molecule has 0 aliphatic rings. The van der Waals surface area contributed by atoms with Gasteiger partial charge in [0, 0.05) is 0 Å². The molecule has 5 heteroatoms. The summed E-state index contributed by atoms with van der Waals surface area (Å²) in [5, 5.41) is 0. The van der Waals surface area contributed by atoms with Crippen LogP contribution in [0, 0.1) is 0 Å². The van der Waals surface area contributed by atoms with Crippen LogP contribution in [-0.2, 0) is 27.2 Å². The van der Waals surface area contributed by atoms with Crippen molar-refractivity contribution in [3.63, 3.8) is 0 Å². The molecule has 0 aliphatic carbocycles. The van der Waals surface area contributed by atoms with Crippen LogP contribution in [0.5, 0.6) is 0 Å². The van der Waals surface area contributed by atoms with Gasteiger partial charge in [-0.3, -0.25) is 0 Å². The van der Waals surface area contributed by atoms with E-state index in [0.717, 1.165) is 0 Å². The second-order valence-electron chi connectivity index (χ2n) is 0.147. The summed E-state index contributed by atoms with van der Waals surface area (Å²) < 4.78 is 0. The van der Waals surface area contributed by atoms with E-state index in [0.29, 0.717) is 0 Å². The van der Waals surface area contributed by atoms with E-state index in [4.69, 9.17) is 28.0 Å². The van der Waals surface area contributed by atoms with Crippen LogP contribution >= 0.6 is 18.4 Å². The fraction of sp³-hybridized carbons (Fsp3) is 0. The van der Waals surface area contributed by atoms with E-state index in [1.165, 1.54) is 0 Å². The summed E-state index contributed by atoms with van der Waals surface area (Å²) in [6.07, 6.45) is 0.250. The molecule has 0 fully saturated rings. The first-order chi connectivity index (χ1) is 2.83. The summed E-state index contributed by atoms with van der Waals surface area (Å²) in [7, 11) is 9.83. The molecular formula is CCl2NbO2. The van der Waals surface area contributed by atoms with E-state index in [9.17, 15) is 0 Å². The standard InChI is InChI=1S/CO2.2ClH.Nb/c2-1-3;;;/h;2*1H;/q;;;+2/p-2. The van der Waals surface area contributed by atoms with Gasteiger partial charge in [-0.15, -0.1) is 0 Å². The molecule has 0 aliphatic heterocycles. The van der Waals surface area contributed by atoms with Gasteiger partial charge in [0.1, 0.15) is 0 Å².